The van der Waals surface area contributed by atoms with Gasteiger partial charge in [0.2, 0.25) is 0 Å². The van der Waals surface area contributed by atoms with Crippen molar-refractivity contribution in [3.05, 3.63) is 72.3 Å². The highest BCUT2D eigenvalue weighted by Crippen LogP contribution is 2.10. The molecule has 3 rings (SSSR count). The summed E-state index contributed by atoms with van der Waals surface area (Å²) in [6.45, 7) is 5.33. The van der Waals surface area contributed by atoms with Crippen molar-refractivity contribution in [2.75, 3.05) is 38.2 Å². The summed E-state index contributed by atoms with van der Waals surface area (Å²) in [6.07, 6.45) is 0.982. The second kappa shape index (κ2) is 14.4. The van der Waals surface area contributed by atoms with Gasteiger partial charge in [0.15, 0.2) is 11.8 Å². The summed E-state index contributed by atoms with van der Waals surface area (Å²) < 4.78 is 7.72. The van der Waals surface area contributed by atoms with Crippen LogP contribution < -0.4 is 20.3 Å². The highest BCUT2D eigenvalue weighted by Gasteiger charge is 2.06. The Labute approximate surface area is 213 Å². The van der Waals surface area contributed by atoms with Crippen LogP contribution >= 0.6 is 24.0 Å². The SMILES string of the molecule is Cc1nnc(CN=C(NCCCN(C)c2ccccc2)NCCOc2ccccc2)n1C.I. The fraction of sp³-hybridized carbons (Fsp3) is 0.375. The predicted molar refractivity (Wildman–Crippen MR) is 145 cm³/mol. The minimum atomic E-state index is 0. The summed E-state index contributed by atoms with van der Waals surface area (Å²) in [5.41, 5.74) is 1.22. The standard InChI is InChI=1S/C24H33N7O.HI/c1-20-28-29-23(31(20)3)19-27-24(26-16-18-32-22-13-8-5-9-14-22)25-15-10-17-30(2)21-11-6-4-7-12-21;/h4-9,11-14H,10,15-19H2,1-3H3,(H2,25,26,27);1H. The zero-order valence-electron chi connectivity index (χ0n) is 19.6. The molecular formula is C24H34IN7O. The third kappa shape index (κ3) is 8.91. The van der Waals surface area contributed by atoms with Crippen molar-refractivity contribution in [1.29, 1.82) is 0 Å². The molecule has 33 heavy (non-hydrogen) atoms. The number of aryl methyl sites for hydroxylation is 1. The van der Waals surface area contributed by atoms with Gasteiger partial charge in [-0.2, -0.15) is 0 Å². The molecule has 178 valence electrons. The van der Waals surface area contributed by atoms with E-state index in [0.717, 1.165) is 42.9 Å². The first kappa shape index (κ1) is 26.4. The first-order valence-corrected chi connectivity index (χ1v) is 10.9. The first-order valence-electron chi connectivity index (χ1n) is 10.9. The van der Waals surface area contributed by atoms with E-state index in [1.807, 2.05) is 54.9 Å². The van der Waals surface area contributed by atoms with E-state index in [9.17, 15) is 0 Å². The lowest BCUT2D eigenvalue weighted by atomic mass is 10.3. The quantitative estimate of drug-likeness (QED) is 0.161. The molecule has 1 aromatic heterocycles. The van der Waals surface area contributed by atoms with Crippen LogP contribution in [0.2, 0.25) is 0 Å². The molecule has 2 aromatic carbocycles. The smallest absolute Gasteiger partial charge is 0.191 e. The van der Waals surface area contributed by atoms with E-state index in [2.05, 4.69) is 62.0 Å². The van der Waals surface area contributed by atoms with E-state index < -0.39 is 0 Å². The Morgan fingerprint density at radius 3 is 2.33 bits per heavy atom. The number of anilines is 1. The molecule has 1 heterocycles. The molecule has 0 bridgehead atoms. The number of rotatable bonds is 11. The van der Waals surface area contributed by atoms with Crippen LogP contribution in [0.3, 0.4) is 0 Å². The topological polar surface area (TPSA) is 79.6 Å². The van der Waals surface area contributed by atoms with Crippen molar-refractivity contribution in [1.82, 2.24) is 25.4 Å². The number of para-hydroxylation sites is 2. The Hall–Kier alpha value is -2.82. The van der Waals surface area contributed by atoms with Crippen LogP contribution in [-0.4, -0.2) is 54.0 Å². The van der Waals surface area contributed by atoms with E-state index >= 15 is 0 Å². The van der Waals surface area contributed by atoms with E-state index in [4.69, 9.17) is 4.74 Å². The Kier molecular flexibility index (Phi) is 11.5. The Morgan fingerprint density at radius 1 is 1.00 bits per heavy atom. The minimum Gasteiger partial charge on any atom is -0.492 e. The zero-order valence-corrected chi connectivity index (χ0v) is 21.9. The minimum absolute atomic E-state index is 0. The maximum absolute atomic E-state index is 5.77. The molecule has 0 aliphatic heterocycles. The van der Waals surface area contributed by atoms with Crippen molar-refractivity contribution in [3.8, 4) is 5.75 Å². The second-order valence-electron chi connectivity index (χ2n) is 7.51. The molecule has 0 atom stereocenters. The van der Waals surface area contributed by atoms with Gasteiger partial charge in [-0.15, -0.1) is 34.2 Å². The highest BCUT2D eigenvalue weighted by atomic mass is 127. The number of nitrogens with one attached hydrogen (secondary N) is 2. The van der Waals surface area contributed by atoms with E-state index in [1.165, 1.54) is 5.69 Å². The van der Waals surface area contributed by atoms with Crippen molar-refractivity contribution in [2.24, 2.45) is 12.0 Å². The molecule has 3 aromatic rings. The largest absolute Gasteiger partial charge is 0.492 e. The number of ether oxygens (including phenoxy) is 1. The number of nitrogens with zero attached hydrogens (tertiary/aromatic N) is 5. The van der Waals surface area contributed by atoms with Crippen LogP contribution in [-0.2, 0) is 13.6 Å². The van der Waals surface area contributed by atoms with Gasteiger partial charge in [0.05, 0.1) is 6.54 Å². The molecule has 2 N–H and O–H groups in total. The van der Waals surface area contributed by atoms with Crippen molar-refractivity contribution < 1.29 is 4.74 Å². The Morgan fingerprint density at radius 2 is 1.67 bits per heavy atom. The number of guanidine groups is 1. The number of hydrogen-bond acceptors (Lipinski definition) is 5. The average Bonchev–Trinajstić information content (AvgIpc) is 3.15. The first-order chi connectivity index (χ1) is 15.6. The molecule has 0 radical (unpaired) electrons. The summed E-state index contributed by atoms with van der Waals surface area (Å²) in [6, 6.07) is 20.2. The van der Waals surface area contributed by atoms with Gasteiger partial charge >= 0.3 is 0 Å². The van der Waals surface area contributed by atoms with Gasteiger partial charge in [-0.25, -0.2) is 4.99 Å². The number of aliphatic imine (C=N–C) groups is 1. The molecule has 0 fully saturated rings. The molecule has 0 aliphatic carbocycles. The fourth-order valence-electron chi connectivity index (χ4n) is 3.10. The summed E-state index contributed by atoms with van der Waals surface area (Å²) in [5.74, 6) is 3.30. The van der Waals surface area contributed by atoms with Crippen LogP contribution in [0.15, 0.2) is 65.7 Å². The summed E-state index contributed by atoms with van der Waals surface area (Å²) in [7, 11) is 4.06. The van der Waals surface area contributed by atoms with Crippen LogP contribution in [0, 0.1) is 6.92 Å². The van der Waals surface area contributed by atoms with Crippen molar-refractivity contribution in [3.63, 3.8) is 0 Å². The average molecular weight is 563 g/mol. The van der Waals surface area contributed by atoms with Crippen molar-refractivity contribution >= 4 is 35.6 Å². The van der Waals surface area contributed by atoms with E-state index in [0.29, 0.717) is 19.7 Å². The van der Waals surface area contributed by atoms with Gasteiger partial charge < -0.3 is 24.8 Å². The molecule has 8 nitrogen and oxygen atoms in total. The highest BCUT2D eigenvalue weighted by molar-refractivity contribution is 14.0. The van der Waals surface area contributed by atoms with Gasteiger partial charge in [0.25, 0.3) is 0 Å². The lowest BCUT2D eigenvalue weighted by molar-refractivity contribution is 0.322. The third-order valence-corrected chi connectivity index (χ3v) is 5.13. The van der Waals surface area contributed by atoms with Gasteiger partial charge in [-0.1, -0.05) is 36.4 Å². The lowest BCUT2D eigenvalue weighted by Crippen LogP contribution is -2.40. The second-order valence-corrected chi connectivity index (χ2v) is 7.51. The van der Waals surface area contributed by atoms with E-state index in [-0.39, 0.29) is 24.0 Å². The molecule has 9 heteroatoms. The fourth-order valence-corrected chi connectivity index (χ4v) is 3.10. The number of hydrogen-bond donors (Lipinski definition) is 2. The molecule has 0 unspecified atom stereocenters. The Balaban J connectivity index is 0.00000385. The van der Waals surface area contributed by atoms with Gasteiger partial charge in [0.1, 0.15) is 24.7 Å². The van der Waals surface area contributed by atoms with Gasteiger partial charge in [-0.3, -0.25) is 0 Å². The Bertz CT molecular complexity index is 963. The van der Waals surface area contributed by atoms with Crippen LogP contribution in [0.1, 0.15) is 18.1 Å². The third-order valence-electron chi connectivity index (χ3n) is 5.13. The number of aromatic nitrogens is 3. The van der Waals surface area contributed by atoms with Gasteiger partial charge in [-0.05, 0) is 37.6 Å². The molecule has 0 saturated heterocycles. The number of benzene rings is 2. The summed E-state index contributed by atoms with van der Waals surface area (Å²) in [4.78, 5) is 6.94. The maximum Gasteiger partial charge on any atom is 0.191 e. The van der Waals surface area contributed by atoms with Crippen LogP contribution in [0.4, 0.5) is 5.69 Å². The summed E-state index contributed by atoms with van der Waals surface area (Å²) in [5, 5.41) is 15.1. The maximum atomic E-state index is 5.77. The summed E-state index contributed by atoms with van der Waals surface area (Å²) >= 11 is 0. The number of halogens is 1. The van der Waals surface area contributed by atoms with Gasteiger partial charge in [0, 0.05) is 32.9 Å². The molecule has 0 aliphatic rings. The van der Waals surface area contributed by atoms with Crippen molar-refractivity contribution in [2.45, 2.75) is 19.9 Å². The van der Waals surface area contributed by atoms with E-state index in [1.54, 1.807) is 0 Å². The predicted octanol–water partition coefficient (Wildman–Crippen LogP) is 3.38. The molecule has 0 spiro atoms. The zero-order chi connectivity index (χ0) is 22.6. The molecule has 0 amide bonds. The normalized spacial score (nSPS) is 10.9. The molecule has 0 saturated carbocycles. The van der Waals surface area contributed by atoms with Crippen LogP contribution in [0.5, 0.6) is 5.75 Å². The van der Waals surface area contributed by atoms with Crippen LogP contribution in [0.25, 0.3) is 0 Å². The lowest BCUT2D eigenvalue weighted by Gasteiger charge is -2.19. The monoisotopic (exact) mass is 563 g/mol. The molecular weight excluding hydrogens is 529 g/mol.